The third kappa shape index (κ3) is 3.30. The van der Waals surface area contributed by atoms with Crippen LogP contribution in [-0.4, -0.2) is 17.2 Å². The topological polar surface area (TPSA) is 42.4 Å². The van der Waals surface area contributed by atoms with Crippen molar-refractivity contribution in [2.75, 3.05) is 7.11 Å². The fraction of sp³-hybridized carbons (Fsp3) is 0.214. The number of hydrogen-bond acceptors (Lipinski definition) is 3. The summed E-state index contributed by atoms with van der Waals surface area (Å²) in [6, 6.07) is 6.97. The second-order valence-corrected chi connectivity index (χ2v) is 4.99. The van der Waals surface area contributed by atoms with Gasteiger partial charge in [-0.3, -0.25) is 4.98 Å². The third-order valence-corrected chi connectivity index (χ3v) is 3.31. The summed E-state index contributed by atoms with van der Waals surface area (Å²) < 4.78 is 19.7. The van der Waals surface area contributed by atoms with E-state index in [0.717, 1.165) is 16.2 Å². The molecule has 2 rings (SSSR count). The first kappa shape index (κ1) is 14.0. The van der Waals surface area contributed by atoms with Gasteiger partial charge in [0.05, 0.1) is 19.4 Å². The number of methoxy groups -OCH3 is 1. The van der Waals surface area contributed by atoms with Gasteiger partial charge in [0, 0.05) is 22.7 Å². The molecular weight excluding hydrogens is 313 g/mol. The van der Waals surface area contributed by atoms with Crippen LogP contribution >= 0.6 is 15.9 Å². The number of hydrogen-bond donors (Lipinski definition) is 1. The van der Waals surface area contributed by atoms with E-state index in [0.29, 0.717) is 5.75 Å². The Bertz CT molecular complexity index is 577. The van der Waals surface area contributed by atoms with Crippen LogP contribution in [0.5, 0.6) is 5.75 Å². The Hall–Kier alpha value is -1.46. The van der Waals surface area contributed by atoms with Crippen LogP contribution in [-0.2, 0) is 6.42 Å². The van der Waals surface area contributed by atoms with E-state index in [1.54, 1.807) is 13.2 Å². The van der Waals surface area contributed by atoms with Crippen molar-refractivity contribution in [1.82, 2.24) is 4.98 Å². The summed E-state index contributed by atoms with van der Waals surface area (Å²) in [5, 5.41) is 10.1. The molecule has 0 saturated carbocycles. The van der Waals surface area contributed by atoms with Crippen molar-refractivity contribution in [3.05, 3.63) is 58.1 Å². The minimum Gasteiger partial charge on any atom is -0.496 e. The van der Waals surface area contributed by atoms with Crippen LogP contribution in [0, 0.1) is 5.82 Å². The van der Waals surface area contributed by atoms with Crippen LogP contribution in [0.3, 0.4) is 0 Å². The van der Waals surface area contributed by atoms with E-state index in [4.69, 9.17) is 4.74 Å². The molecular formula is C14H13BrFNO2. The number of halogens is 2. The first-order valence-electron chi connectivity index (χ1n) is 5.71. The van der Waals surface area contributed by atoms with Crippen molar-refractivity contribution in [3.63, 3.8) is 0 Å². The van der Waals surface area contributed by atoms with Gasteiger partial charge in [-0.15, -0.1) is 0 Å². The summed E-state index contributed by atoms with van der Waals surface area (Å²) in [6.45, 7) is 0. The summed E-state index contributed by atoms with van der Waals surface area (Å²) in [6.07, 6.45) is 1.88. The third-order valence-electron chi connectivity index (χ3n) is 2.82. The molecule has 1 aromatic heterocycles. The monoisotopic (exact) mass is 325 g/mol. The molecule has 0 aliphatic heterocycles. The number of rotatable bonds is 4. The molecule has 100 valence electrons. The van der Waals surface area contributed by atoms with Gasteiger partial charge >= 0.3 is 0 Å². The fourth-order valence-corrected chi connectivity index (χ4v) is 2.29. The predicted octanol–water partition coefficient (Wildman–Crippen LogP) is 3.27. The number of aliphatic hydroxyl groups excluding tert-OH is 1. The van der Waals surface area contributed by atoms with E-state index < -0.39 is 11.9 Å². The van der Waals surface area contributed by atoms with Gasteiger partial charge in [0.15, 0.2) is 0 Å². The first-order valence-corrected chi connectivity index (χ1v) is 6.51. The zero-order valence-corrected chi connectivity index (χ0v) is 11.9. The summed E-state index contributed by atoms with van der Waals surface area (Å²) in [7, 11) is 1.56. The van der Waals surface area contributed by atoms with Crippen LogP contribution in [0.2, 0.25) is 0 Å². The molecule has 0 spiro atoms. The van der Waals surface area contributed by atoms with Crippen LogP contribution in [0.15, 0.2) is 41.1 Å². The average Bonchev–Trinajstić information content (AvgIpc) is 2.39. The number of aromatic nitrogens is 1. The van der Waals surface area contributed by atoms with Crippen LogP contribution in [0.25, 0.3) is 0 Å². The van der Waals surface area contributed by atoms with Crippen molar-refractivity contribution in [3.8, 4) is 5.75 Å². The molecule has 0 amide bonds. The van der Waals surface area contributed by atoms with Crippen LogP contribution in [0.1, 0.15) is 17.2 Å². The van der Waals surface area contributed by atoms with Crippen molar-refractivity contribution in [1.29, 1.82) is 0 Å². The van der Waals surface area contributed by atoms with Gasteiger partial charge in [-0.2, -0.15) is 0 Å². The standard InChI is InChI=1S/C14H13BrFNO2/c1-19-14-3-2-10(15)6-9(14)7-13(18)11-4-5-17-8-12(11)16/h2-6,8,13,18H,7H2,1H3. The molecule has 2 aromatic rings. The molecule has 1 unspecified atom stereocenters. The largest absolute Gasteiger partial charge is 0.496 e. The molecule has 1 heterocycles. The van der Waals surface area contributed by atoms with Crippen molar-refractivity contribution in [2.45, 2.75) is 12.5 Å². The lowest BCUT2D eigenvalue weighted by atomic mass is 10.0. The average molecular weight is 326 g/mol. The first-order chi connectivity index (χ1) is 9.11. The molecule has 0 saturated heterocycles. The maximum atomic E-state index is 13.5. The molecule has 1 atom stereocenters. The van der Waals surface area contributed by atoms with Crippen LogP contribution in [0.4, 0.5) is 4.39 Å². The maximum absolute atomic E-state index is 13.5. The number of aliphatic hydroxyl groups is 1. The normalized spacial score (nSPS) is 12.2. The summed E-state index contributed by atoms with van der Waals surface area (Å²) in [4.78, 5) is 3.66. The number of ether oxygens (including phenoxy) is 1. The lowest BCUT2D eigenvalue weighted by molar-refractivity contribution is 0.172. The van der Waals surface area contributed by atoms with E-state index in [9.17, 15) is 9.50 Å². The van der Waals surface area contributed by atoms with Crippen LogP contribution < -0.4 is 4.74 Å². The second-order valence-electron chi connectivity index (χ2n) is 4.07. The molecule has 5 heteroatoms. The number of nitrogens with zero attached hydrogens (tertiary/aromatic N) is 1. The molecule has 19 heavy (non-hydrogen) atoms. The molecule has 0 aliphatic rings. The summed E-state index contributed by atoms with van der Waals surface area (Å²) in [5.74, 6) is 0.153. The van der Waals surface area contributed by atoms with E-state index in [1.165, 1.54) is 12.3 Å². The van der Waals surface area contributed by atoms with Gasteiger partial charge in [0.25, 0.3) is 0 Å². The van der Waals surface area contributed by atoms with Gasteiger partial charge in [0.1, 0.15) is 11.6 Å². The molecule has 0 fully saturated rings. The lowest BCUT2D eigenvalue weighted by Gasteiger charge is -2.14. The Morgan fingerprint density at radius 3 is 2.89 bits per heavy atom. The Morgan fingerprint density at radius 2 is 2.21 bits per heavy atom. The minimum atomic E-state index is -0.939. The van der Waals surface area contributed by atoms with Gasteiger partial charge in [0.2, 0.25) is 0 Å². The SMILES string of the molecule is COc1ccc(Br)cc1CC(O)c1ccncc1F. The summed E-state index contributed by atoms with van der Waals surface area (Å²) in [5.41, 5.74) is 1.04. The number of pyridine rings is 1. The van der Waals surface area contributed by atoms with E-state index in [2.05, 4.69) is 20.9 Å². The van der Waals surface area contributed by atoms with Gasteiger partial charge < -0.3 is 9.84 Å². The Balaban J connectivity index is 2.26. The highest BCUT2D eigenvalue weighted by molar-refractivity contribution is 9.10. The van der Waals surface area contributed by atoms with Crippen molar-refractivity contribution < 1.29 is 14.2 Å². The highest BCUT2D eigenvalue weighted by Crippen LogP contribution is 2.28. The smallest absolute Gasteiger partial charge is 0.147 e. The Labute approximate surface area is 119 Å². The van der Waals surface area contributed by atoms with Gasteiger partial charge in [-0.05, 0) is 29.8 Å². The number of benzene rings is 1. The van der Waals surface area contributed by atoms with Gasteiger partial charge in [-0.25, -0.2) is 4.39 Å². The highest BCUT2D eigenvalue weighted by Gasteiger charge is 2.15. The van der Waals surface area contributed by atoms with E-state index >= 15 is 0 Å². The quantitative estimate of drug-likeness (QED) is 0.938. The lowest BCUT2D eigenvalue weighted by Crippen LogP contribution is -2.06. The van der Waals surface area contributed by atoms with Crippen molar-refractivity contribution >= 4 is 15.9 Å². The molecule has 0 bridgehead atoms. The molecule has 3 nitrogen and oxygen atoms in total. The zero-order valence-electron chi connectivity index (χ0n) is 10.3. The molecule has 1 aromatic carbocycles. The molecule has 0 aliphatic carbocycles. The van der Waals surface area contributed by atoms with E-state index in [-0.39, 0.29) is 12.0 Å². The molecule has 0 radical (unpaired) electrons. The predicted molar refractivity (Wildman–Crippen MR) is 73.6 cm³/mol. The van der Waals surface area contributed by atoms with Crippen molar-refractivity contribution in [2.24, 2.45) is 0 Å². The second kappa shape index (κ2) is 6.12. The maximum Gasteiger partial charge on any atom is 0.147 e. The minimum absolute atomic E-state index is 0.233. The Kier molecular flexibility index (Phi) is 4.50. The van der Waals surface area contributed by atoms with Gasteiger partial charge in [-0.1, -0.05) is 15.9 Å². The highest BCUT2D eigenvalue weighted by atomic mass is 79.9. The fourth-order valence-electron chi connectivity index (χ4n) is 1.88. The summed E-state index contributed by atoms with van der Waals surface area (Å²) >= 11 is 3.36. The molecule has 1 N–H and O–H groups in total. The van der Waals surface area contributed by atoms with E-state index in [1.807, 2.05) is 12.1 Å². The Morgan fingerprint density at radius 1 is 1.42 bits per heavy atom. The zero-order chi connectivity index (χ0) is 13.8.